The Bertz CT molecular complexity index is 749. The Morgan fingerprint density at radius 1 is 1.29 bits per heavy atom. The van der Waals surface area contributed by atoms with Crippen LogP contribution in [0.15, 0.2) is 23.1 Å². The molecule has 1 fully saturated rings. The van der Waals surface area contributed by atoms with Gasteiger partial charge in [-0.05, 0) is 37.6 Å². The lowest BCUT2D eigenvalue weighted by Gasteiger charge is -2.37. The Balaban J connectivity index is 2.30. The van der Waals surface area contributed by atoms with Gasteiger partial charge in [-0.2, -0.15) is 17.5 Å². The van der Waals surface area contributed by atoms with Crippen LogP contribution in [0.2, 0.25) is 0 Å². The number of benzene rings is 1. The largest absolute Gasteiger partial charge is 0.465 e. The zero-order chi connectivity index (χ0) is 18.3. The Kier molecular flexibility index (Phi) is 4.82. The van der Waals surface area contributed by atoms with Gasteiger partial charge in [-0.3, -0.25) is 0 Å². The van der Waals surface area contributed by atoms with Gasteiger partial charge in [0.2, 0.25) is 10.0 Å². The van der Waals surface area contributed by atoms with Crippen LogP contribution in [0.25, 0.3) is 0 Å². The number of nitrogens with zero attached hydrogens (tertiary/aromatic N) is 2. The van der Waals surface area contributed by atoms with E-state index in [1.54, 1.807) is 6.92 Å². The number of alkyl halides is 3. The monoisotopic (exact) mass is 366 g/mol. The van der Waals surface area contributed by atoms with Crippen molar-refractivity contribution in [2.75, 3.05) is 19.6 Å². The van der Waals surface area contributed by atoms with Crippen LogP contribution in [0.5, 0.6) is 0 Å². The Morgan fingerprint density at radius 3 is 2.38 bits per heavy atom. The molecule has 2 rings (SSSR count). The van der Waals surface area contributed by atoms with Crippen molar-refractivity contribution in [3.8, 4) is 0 Å². The van der Waals surface area contributed by atoms with Crippen LogP contribution in [0, 0.1) is 6.92 Å². The van der Waals surface area contributed by atoms with Gasteiger partial charge in [-0.15, -0.1) is 0 Å². The molecule has 0 unspecified atom stereocenters. The summed E-state index contributed by atoms with van der Waals surface area (Å²) in [6.07, 6.45) is -5.68. The van der Waals surface area contributed by atoms with Crippen LogP contribution in [-0.2, 0) is 16.2 Å². The van der Waals surface area contributed by atoms with Crippen molar-refractivity contribution < 1.29 is 31.5 Å². The summed E-state index contributed by atoms with van der Waals surface area (Å²) >= 11 is 0. The van der Waals surface area contributed by atoms with E-state index in [9.17, 15) is 26.4 Å². The van der Waals surface area contributed by atoms with E-state index in [4.69, 9.17) is 5.11 Å². The van der Waals surface area contributed by atoms with Gasteiger partial charge < -0.3 is 10.0 Å². The lowest BCUT2D eigenvalue weighted by atomic mass is 10.1. The summed E-state index contributed by atoms with van der Waals surface area (Å²) in [6.45, 7) is 2.80. The Hall–Kier alpha value is -1.81. The highest BCUT2D eigenvalue weighted by atomic mass is 32.2. The number of rotatable bonds is 2. The van der Waals surface area contributed by atoms with E-state index < -0.39 is 33.9 Å². The molecule has 1 aliphatic heterocycles. The van der Waals surface area contributed by atoms with E-state index in [1.165, 1.54) is 6.92 Å². The number of halogens is 3. The second kappa shape index (κ2) is 6.25. The van der Waals surface area contributed by atoms with Gasteiger partial charge >= 0.3 is 12.3 Å². The molecule has 1 amide bonds. The van der Waals surface area contributed by atoms with Crippen LogP contribution in [0.3, 0.4) is 0 Å². The van der Waals surface area contributed by atoms with Crippen molar-refractivity contribution in [1.29, 1.82) is 0 Å². The molecule has 0 aromatic heterocycles. The molecule has 1 saturated heterocycles. The summed E-state index contributed by atoms with van der Waals surface area (Å²) in [6, 6.07) is 1.93. The molecule has 24 heavy (non-hydrogen) atoms. The molecular formula is C14H17F3N2O4S. The molecule has 1 N–H and O–H groups in total. The number of hydrogen-bond donors (Lipinski definition) is 1. The van der Waals surface area contributed by atoms with Gasteiger partial charge in [0.15, 0.2) is 0 Å². The number of piperazine rings is 1. The molecule has 10 heteroatoms. The van der Waals surface area contributed by atoms with Crippen molar-refractivity contribution in [2.45, 2.75) is 31.0 Å². The molecule has 1 aliphatic rings. The first-order chi connectivity index (χ1) is 10.9. The maximum Gasteiger partial charge on any atom is 0.416 e. The Labute approximate surface area is 137 Å². The second-order valence-electron chi connectivity index (χ2n) is 5.67. The zero-order valence-electron chi connectivity index (χ0n) is 13.0. The Morgan fingerprint density at radius 2 is 1.92 bits per heavy atom. The summed E-state index contributed by atoms with van der Waals surface area (Å²) in [7, 11) is -3.99. The minimum atomic E-state index is -4.55. The van der Waals surface area contributed by atoms with Crippen molar-refractivity contribution in [3.63, 3.8) is 0 Å². The van der Waals surface area contributed by atoms with Crippen molar-refractivity contribution in [3.05, 3.63) is 29.3 Å². The first-order valence-corrected chi connectivity index (χ1v) is 8.56. The van der Waals surface area contributed by atoms with Crippen molar-refractivity contribution in [2.24, 2.45) is 0 Å². The van der Waals surface area contributed by atoms with E-state index in [2.05, 4.69) is 0 Å². The van der Waals surface area contributed by atoms with Gasteiger partial charge in [-0.25, -0.2) is 13.2 Å². The molecule has 6 nitrogen and oxygen atoms in total. The molecule has 1 aromatic rings. The van der Waals surface area contributed by atoms with Crippen molar-refractivity contribution in [1.82, 2.24) is 9.21 Å². The van der Waals surface area contributed by atoms with Crippen LogP contribution < -0.4 is 0 Å². The molecule has 0 spiro atoms. The fourth-order valence-electron chi connectivity index (χ4n) is 2.68. The van der Waals surface area contributed by atoms with E-state index in [0.29, 0.717) is 0 Å². The maximum atomic E-state index is 12.7. The molecule has 134 valence electrons. The third-order valence-electron chi connectivity index (χ3n) is 3.96. The third kappa shape index (κ3) is 3.48. The molecule has 0 saturated carbocycles. The van der Waals surface area contributed by atoms with Crippen LogP contribution in [0.1, 0.15) is 18.1 Å². The first kappa shape index (κ1) is 18.5. The van der Waals surface area contributed by atoms with Crippen molar-refractivity contribution >= 4 is 16.1 Å². The standard InChI is InChI=1S/C14H17F3N2O4S/c1-9-7-11(14(15,16)17)3-4-12(9)24(22,23)18-5-6-19(13(20)21)10(2)8-18/h3-4,7,10H,5-6,8H2,1-2H3,(H,20,21)/t10-/m0/s1. The smallest absolute Gasteiger partial charge is 0.416 e. The van der Waals surface area contributed by atoms with Gasteiger partial charge in [0.1, 0.15) is 0 Å². The fraction of sp³-hybridized carbons (Fsp3) is 0.500. The lowest BCUT2D eigenvalue weighted by Crippen LogP contribution is -2.55. The number of carbonyl (C=O) groups is 1. The second-order valence-corrected chi connectivity index (χ2v) is 7.57. The summed E-state index contributed by atoms with van der Waals surface area (Å²) < 4.78 is 64.5. The van der Waals surface area contributed by atoms with Gasteiger partial charge in [0.05, 0.1) is 10.5 Å². The molecule has 0 radical (unpaired) electrons. The molecular weight excluding hydrogens is 349 g/mol. The van der Waals surface area contributed by atoms with E-state index in [-0.39, 0.29) is 30.1 Å². The van der Waals surface area contributed by atoms with Gasteiger partial charge in [0.25, 0.3) is 0 Å². The summed E-state index contributed by atoms with van der Waals surface area (Å²) in [4.78, 5) is 12.0. The molecule has 0 bridgehead atoms. The normalized spacial score (nSPS) is 20.2. The summed E-state index contributed by atoms with van der Waals surface area (Å²) in [5, 5.41) is 9.02. The lowest BCUT2D eigenvalue weighted by molar-refractivity contribution is -0.137. The predicted octanol–water partition coefficient (Wildman–Crippen LogP) is 2.39. The number of sulfonamides is 1. The SMILES string of the molecule is Cc1cc(C(F)(F)F)ccc1S(=O)(=O)N1CCN(C(=O)O)[C@@H](C)C1. The number of amides is 1. The van der Waals surface area contributed by atoms with E-state index >= 15 is 0 Å². The molecule has 1 aromatic carbocycles. The minimum absolute atomic E-state index is 0.00172. The topological polar surface area (TPSA) is 77.9 Å². The van der Waals surface area contributed by atoms with Crippen LogP contribution >= 0.6 is 0 Å². The highest BCUT2D eigenvalue weighted by Crippen LogP contribution is 2.32. The maximum absolute atomic E-state index is 12.7. The van der Waals surface area contributed by atoms with Gasteiger partial charge in [-0.1, -0.05) is 0 Å². The quantitative estimate of drug-likeness (QED) is 0.872. The predicted molar refractivity (Wildman–Crippen MR) is 79.1 cm³/mol. The van der Waals surface area contributed by atoms with E-state index in [1.807, 2.05) is 0 Å². The molecule has 0 aliphatic carbocycles. The van der Waals surface area contributed by atoms with E-state index in [0.717, 1.165) is 27.4 Å². The zero-order valence-corrected chi connectivity index (χ0v) is 13.9. The highest BCUT2D eigenvalue weighted by Gasteiger charge is 2.36. The fourth-order valence-corrected chi connectivity index (χ4v) is 4.40. The number of aryl methyl sites for hydroxylation is 1. The summed E-state index contributed by atoms with van der Waals surface area (Å²) in [5.41, 5.74) is -0.916. The average molecular weight is 366 g/mol. The number of carboxylic acid groups (broad SMARTS) is 1. The number of hydrogen-bond acceptors (Lipinski definition) is 3. The minimum Gasteiger partial charge on any atom is -0.465 e. The third-order valence-corrected chi connectivity index (χ3v) is 5.98. The average Bonchev–Trinajstić information content (AvgIpc) is 2.45. The van der Waals surface area contributed by atoms with Gasteiger partial charge in [0, 0.05) is 25.7 Å². The molecule has 1 heterocycles. The highest BCUT2D eigenvalue weighted by molar-refractivity contribution is 7.89. The van der Waals surface area contributed by atoms with Crippen LogP contribution in [0.4, 0.5) is 18.0 Å². The van der Waals surface area contributed by atoms with Crippen LogP contribution in [-0.4, -0.2) is 54.5 Å². The molecule has 1 atom stereocenters. The first-order valence-electron chi connectivity index (χ1n) is 7.12. The summed E-state index contributed by atoms with van der Waals surface area (Å²) in [5.74, 6) is 0.